The minimum Gasteiger partial charge on any atom is -0.870 e. The molecule has 9 nitrogen and oxygen atoms in total. The largest absolute Gasteiger partial charge is 0.870 e. The summed E-state index contributed by atoms with van der Waals surface area (Å²) in [7, 11) is -8.04. The van der Waals surface area contributed by atoms with Gasteiger partial charge in [-0.15, -0.1) is 0 Å². The highest BCUT2D eigenvalue weighted by Gasteiger charge is 2.45. The van der Waals surface area contributed by atoms with Gasteiger partial charge in [0.15, 0.2) is 5.71 Å². The smallest absolute Gasteiger partial charge is 0.264 e. The van der Waals surface area contributed by atoms with E-state index in [4.69, 9.17) is 0 Å². The van der Waals surface area contributed by atoms with Gasteiger partial charge in [0, 0.05) is 47.5 Å². The molecule has 276 valence electrons. The number of benzene rings is 4. The summed E-state index contributed by atoms with van der Waals surface area (Å²) >= 11 is 0. The van der Waals surface area contributed by atoms with Gasteiger partial charge in [-0.05, 0) is 78.4 Å². The van der Waals surface area contributed by atoms with E-state index in [-0.39, 0.29) is 27.8 Å². The zero-order valence-electron chi connectivity index (χ0n) is 30.2. The van der Waals surface area contributed by atoms with Gasteiger partial charge in [-0.25, -0.2) is 0 Å². The van der Waals surface area contributed by atoms with Crippen LogP contribution in [0.1, 0.15) is 64.5 Å². The molecule has 4 aromatic carbocycles. The molecule has 0 bridgehead atoms. The third-order valence-electron chi connectivity index (χ3n) is 10.3. The molecule has 0 spiro atoms. The Morgan fingerprint density at radius 3 is 1.88 bits per heavy atom. The van der Waals surface area contributed by atoms with Gasteiger partial charge in [-0.1, -0.05) is 86.7 Å². The van der Waals surface area contributed by atoms with Gasteiger partial charge in [-0.3, -0.25) is 9.11 Å². The van der Waals surface area contributed by atoms with Crippen molar-refractivity contribution in [2.75, 3.05) is 29.5 Å². The lowest BCUT2D eigenvalue weighted by atomic mass is 9.79. The van der Waals surface area contributed by atoms with Crippen LogP contribution in [0.2, 0.25) is 0 Å². The van der Waals surface area contributed by atoms with Crippen molar-refractivity contribution in [3.05, 3.63) is 120 Å². The van der Waals surface area contributed by atoms with E-state index in [1.54, 1.807) is 0 Å². The van der Waals surface area contributed by atoms with Crippen LogP contribution in [0.5, 0.6) is 0 Å². The topological polar surface area (TPSA) is 145 Å². The van der Waals surface area contributed by atoms with Gasteiger partial charge < -0.3 is 10.4 Å². The molecule has 0 saturated heterocycles. The Kier molecular flexibility index (Phi) is 11.3. The van der Waals surface area contributed by atoms with Crippen LogP contribution in [-0.4, -0.2) is 66.3 Å². The van der Waals surface area contributed by atoms with Crippen molar-refractivity contribution in [3.63, 3.8) is 0 Å². The molecular weight excluding hydrogens is 697 g/mol. The monoisotopic (exact) mass is 744 g/mol. The van der Waals surface area contributed by atoms with Crippen LogP contribution in [0.4, 0.5) is 11.4 Å². The molecule has 4 aromatic rings. The summed E-state index contributed by atoms with van der Waals surface area (Å²) in [6, 6.07) is 25.3. The molecule has 3 N–H and O–H groups in total. The van der Waals surface area contributed by atoms with Crippen LogP contribution in [0.25, 0.3) is 21.5 Å². The van der Waals surface area contributed by atoms with Crippen molar-refractivity contribution in [2.24, 2.45) is 0 Å². The number of nitrogens with zero attached hydrogens (tertiary/aromatic N) is 2. The Morgan fingerprint density at radius 2 is 1.25 bits per heavy atom. The quantitative estimate of drug-likeness (QED) is 0.0602. The molecule has 52 heavy (non-hydrogen) atoms. The number of anilines is 1. The van der Waals surface area contributed by atoms with Gasteiger partial charge >= 0.3 is 0 Å². The molecule has 0 radical (unpaired) electrons. The standard InChI is InChI=1S/C41H46N2O6S2.H2O/c1-40(2)36(42(26-12-14-28-50(44,45)46)34-24-22-30-16-8-10-18-32(30)38(34)40)20-6-5-7-21-37-41(3,4)39-33-19-11-9-17-31(33)23-25-35(39)43(37)27-13-15-29-51(47,48)49;/h5-11,16-25H,12-15,26-29H2,1-4H3,(H-,44,45,46,47,48,49);1H2. The number of rotatable bonds is 13. The molecule has 0 saturated carbocycles. The third kappa shape index (κ3) is 7.94. The van der Waals surface area contributed by atoms with E-state index in [0.29, 0.717) is 38.8 Å². The maximum atomic E-state index is 11.4. The molecule has 0 aliphatic carbocycles. The minimum atomic E-state index is -4.02. The predicted octanol–water partition coefficient (Wildman–Crippen LogP) is 8.32. The van der Waals surface area contributed by atoms with Gasteiger partial charge in [0.2, 0.25) is 5.69 Å². The van der Waals surface area contributed by atoms with Crippen molar-refractivity contribution >= 4 is 58.9 Å². The maximum Gasteiger partial charge on any atom is 0.264 e. The molecule has 2 aliphatic heterocycles. The zero-order chi connectivity index (χ0) is 36.6. The number of allylic oxidation sites excluding steroid dienone is 6. The normalized spacial score (nSPS) is 17.5. The first-order chi connectivity index (χ1) is 24.1. The Balaban J connectivity index is 0.00000523. The van der Waals surface area contributed by atoms with Crippen molar-refractivity contribution in [2.45, 2.75) is 64.2 Å². The summed E-state index contributed by atoms with van der Waals surface area (Å²) < 4.78 is 66.5. The lowest BCUT2D eigenvalue weighted by Crippen LogP contribution is -2.28. The summed E-state index contributed by atoms with van der Waals surface area (Å²) in [5.41, 5.74) is 6.27. The van der Waals surface area contributed by atoms with Crippen LogP contribution < -0.4 is 4.90 Å². The molecule has 6 rings (SSSR count). The lowest BCUT2D eigenvalue weighted by molar-refractivity contribution is -0.438. The van der Waals surface area contributed by atoms with E-state index in [9.17, 15) is 25.9 Å². The fourth-order valence-corrected chi connectivity index (χ4v) is 9.16. The second kappa shape index (κ2) is 15.1. The highest BCUT2D eigenvalue weighted by molar-refractivity contribution is 7.86. The number of hydrogen-bond acceptors (Lipinski definition) is 6. The molecule has 2 aliphatic rings. The average Bonchev–Trinajstić information content (AvgIpc) is 3.42. The minimum absolute atomic E-state index is 0. The first-order valence-corrected chi connectivity index (χ1v) is 20.7. The summed E-state index contributed by atoms with van der Waals surface area (Å²) in [5, 5.41) is 4.73. The Morgan fingerprint density at radius 1 is 0.673 bits per heavy atom. The fourth-order valence-electron chi connectivity index (χ4n) is 8.02. The first kappa shape index (κ1) is 39.1. The average molecular weight is 745 g/mol. The second-order valence-electron chi connectivity index (χ2n) is 14.6. The predicted molar refractivity (Wildman–Crippen MR) is 211 cm³/mol. The van der Waals surface area contributed by atoms with Gasteiger partial charge in [0.1, 0.15) is 6.54 Å². The third-order valence-corrected chi connectivity index (χ3v) is 11.9. The fraction of sp³-hybridized carbons (Fsp3) is 0.341. The molecule has 0 unspecified atom stereocenters. The Labute approximate surface area is 307 Å². The molecule has 0 fully saturated rings. The molecule has 0 atom stereocenters. The van der Waals surface area contributed by atoms with Crippen molar-refractivity contribution in [1.82, 2.24) is 0 Å². The van der Waals surface area contributed by atoms with Crippen LogP contribution in [0, 0.1) is 0 Å². The first-order valence-electron chi connectivity index (χ1n) is 17.5. The van der Waals surface area contributed by atoms with Crippen molar-refractivity contribution in [3.8, 4) is 0 Å². The lowest BCUT2D eigenvalue weighted by Gasteiger charge is -2.27. The molecule has 0 aromatic heterocycles. The number of unbranched alkanes of at least 4 members (excludes halogenated alkanes) is 2. The van der Waals surface area contributed by atoms with E-state index in [1.165, 1.54) is 32.7 Å². The Bertz CT molecular complexity index is 2340. The van der Waals surface area contributed by atoms with Crippen LogP contribution in [-0.2, 0) is 31.1 Å². The maximum absolute atomic E-state index is 11.4. The zero-order valence-corrected chi connectivity index (χ0v) is 31.8. The Hall–Kier alpha value is -4.13. The van der Waals surface area contributed by atoms with E-state index in [0.717, 1.165) is 22.8 Å². The summed E-state index contributed by atoms with van der Waals surface area (Å²) in [6.07, 6.45) is 12.3. The highest BCUT2D eigenvalue weighted by atomic mass is 32.2. The molecule has 11 heteroatoms. The summed E-state index contributed by atoms with van der Waals surface area (Å²) in [4.78, 5) is 2.28. The van der Waals surface area contributed by atoms with Crippen molar-refractivity contribution < 1.29 is 36.0 Å². The number of hydrogen-bond donors (Lipinski definition) is 2. The van der Waals surface area contributed by atoms with Crippen LogP contribution in [0.15, 0.2) is 109 Å². The van der Waals surface area contributed by atoms with Crippen LogP contribution >= 0.6 is 0 Å². The molecular formula is C41H48N2O7S2. The van der Waals surface area contributed by atoms with Gasteiger partial charge in [0.05, 0.1) is 16.9 Å². The number of fused-ring (bicyclic) bond motifs is 6. The van der Waals surface area contributed by atoms with E-state index in [1.807, 2.05) is 30.4 Å². The van der Waals surface area contributed by atoms with E-state index < -0.39 is 20.2 Å². The van der Waals surface area contributed by atoms with Gasteiger partial charge in [0.25, 0.3) is 20.2 Å². The SMILES string of the molecule is CC1(C)C(=CC=CC=CC2=[N+](CCCCS(=O)(=O)O)c3ccc4ccccc4c3C2(C)C)N(CCCCS(=O)(=O)O)c2ccc3ccccc3c21.[OH-]. The van der Waals surface area contributed by atoms with E-state index >= 15 is 0 Å². The molecule has 2 heterocycles. The summed E-state index contributed by atoms with van der Waals surface area (Å²) in [5.74, 6) is -0.518. The van der Waals surface area contributed by atoms with Gasteiger partial charge in [-0.2, -0.15) is 21.4 Å². The molecule has 0 amide bonds. The highest BCUT2D eigenvalue weighted by Crippen LogP contribution is 2.51. The summed E-state index contributed by atoms with van der Waals surface area (Å²) in [6.45, 7) is 10.1. The van der Waals surface area contributed by atoms with Crippen LogP contribution in [0.3, 0.4) is 0 Å². The van der Waals surface area contributed by atoms with Crippen molar-refractivity contribution in [1.29, 1.82) is 0 Å². The van der Waals surface area contributed by atoms with E-state index in [2.05, 4.69) is 110 Å². The second-order valence-corrected chi connectivity index (χ2v) is 17.7.